The molecule has 0 saturated heterocycles. The van der Waals surface area contributed by atoms with Gasteiger partial charge in [-0.25, -0.2) is 19.7 Å². The molecule has 4 heterocycles. The Bertz CT molecular complexity index is 1360. The van der Waals surface area contributed by atoms with Crippen LogP contribution in [0.5, 0.6) is 0 Å². The molecule has 1 amide bonds. The van der Waals surface area contributed by atoms with Gasteiger partial charge in [0.15, 0.2) is 6.61 Å². The molecule has 0 radical (unpaired) electrons. The van der Waals surface area contributed by atoms with Gasteiger partial charge < -0.3 is 14.6 Å². The zero-order valence-corrected chi connectivity index (χ0v) is 20.4. The molecule has 35 heavy (non-hydrogen) atoms. The highest BCUT2D eigenvalue weighted by Gasteiger charge is 2.18. The van der Waals surface area contributed by atoms with Crippen molar-refractivity contribution in [1.29, 1.82) is 0 Å². The van der Waals surface area contributed by atoms with E-state index in [9.17, 15) is 9.59 Å². The summed E-state index contributed by atoms with van der Waals surface area (Å²) in [4.78, 5) is 38.3. The number of pyridine rings is 1. The molecule has 4 rings (SSSR count). The van der Waals surface area contributed by atoms with Gasteiger partial charge in [-0.2, -0.15) is 9.78 Å². The van der Waals surface area contributed by atoms with Crippen LogP contribution in [0.4, 0.5) is 5.82 Å². The molecule has 0 aliphatic carbocycles. The Morgan fingerprint density at radius 2 is 1.86 bits per heavy atom. The SMILES string of the molecule is Cc1cc(C)nc(-n2nc(C)cc2NC(=O)COC(=O)c2cccnc2SCc2cc(C)on2)n1. The van der Waals surface area contributed by atoms with E-state index in [0.29, 0.717) is 34.0 Å². The number of hydrogen-bond donors (Lipinski definition) is 1. The number of amides is 1. The first-order valence-corrected chi connectivity index (χ1v) is 11.6. The van der Waals surface area contributed by atoms with Crippen molar-refractivity contribution >= 4 is 29.5 Å². The number of anilines is 1. The highest BCUT2D eigenvalue weighted by molar-refractivity contribution is 7.98. The number of carbonyl (C=O) groups excluding carboxylic acids is 2. The lowest BCUT2D eigenvalue weighted by Crippen LogP contribution is -2.23. The van der Waals surface area contributed by atoms with E-state index in [2.05, 4.69) is 30.5 Å². The van der Waals surface area contributed by atoms with E-state index in [1.807, 2.05) is 26.0 Å². The maximum absolute atomic E-state index is 12.7. The number of hydrogen-bond acceptors (Lipinski definition) is 10. The number of carbonyl (C=O) groups is 2. The lowest BCUT2D eigenvalue weighted by molar-refractivity contribution is -0.119. The molecule has 0 spiro atoms. The molecule has 0 aliphatic rings. The van der Waals surface area contributed by atoms with Crippen LogP contribution < -0.4 is 5.32 Å². The van der Waals surface area contributed by atoms with Crippen LogP contribution in [-0.2, 0) is 15.3 Å². The number of aryl methyl sites for hydroxylation is 4. The monoisotopic (exact) mass is 493 g/mol. The standard InChI is InChI=1S/C23H23N7O4S/c1-13-8-14(2)26-23(25-13)30-19(9-15(3)28-30)27-20(31)11-33-22(32)18-6-5-7-24-21(18)35-12-17-10-16(4)34-29-17/h5-10H,11-12H2,1-4H3,(H,27,31). The molecule has 0 fully saturated rings. The van der Waals surface area contributed by atoms with Gasteiger partial charge in [-0.1, -0.05) is 16.9 Å². The third-order valence-electron chi connectivity index (χ3n) is 4.62. The van der Waals surface area contributed by atoms with E-state index < -0.39 is 18.5 Å². The van der Waals surface area contributed by atoms with Crippen LogP contribution in [0.1, 0.15) is 38.9 Å². The molecule has 0 saturated carbocycles. The Morgan fingerprint density at radius 3 is 2.57 bits per heavy atom. The van der Waals surface area contributed by atoms with Crippen molar-refractivity contribution in [2.45, 2.75) is 38.5 Å². The van der Waals surface area contributed by atoms with E-state index in [-0.39, 0.29) is 5.56 Å². The van der Waals surface area contributed by atoms with Gasteiger partial charge in [-0.3, -0.25) is 4.79 Å². The average Bonchev–Trinajstić information content (AvgIpc) is 3.40. The molecule has 0 bridgehead atoms. The molecule has 12 heteroatoms. The fraction of sp³-hybridized carbons (Fsp3) is 0.261. The van der Waals surface area contributed by atoms with Crippen LogP contribution in [0.2, 0.25) is 0 Å². The van der Waals surface area contributed by atoms with Gasteiger partial charge >= 0.3 is 5.97 Å². The number of ether oxygens (including phenoxy) is 1. The largest absolute Gasteiger partial charge is 0.452 e. The van der Waals surface area contributed by atoms with Crippen molar-refractivity contribution in [3.63, 3.8) is 0 Å². The minimum Gasteiger partial charge on any atom is -0.452 e. The second-order valence-electron chi connectivity index (χ2n) is 7.73. The summed E-state index contributed by atoms with van der Waals surface area (Å²) >= 11 is 1.32. The fourth-order valence-corrected chi connectivity index (χ4v) is 4.08. The summed E-state index contributed by atoms with van der Waals surface area (Å²) in [6.45, 7) is 6.81. The first-order chi connectivity index (χ1) is 16.8. The lowest BCUT2D eigenvalue weighted by atomic mass is 10.3. The Kier molecular flexibility index (Phi) is 7.20. The second kappa shape index (κ2) is 10.5. The van der Waals surface area contributed by atoms with Crippen LogP contribution in [0, 0.1) is 27.7 Å². The third kappa shape index (κ3) is 6.09. The van der Waals surface area contributed by atoms with Crippen LogP contribution in [0.3, 0.4) is 0 Å². The predicted molar refractivity (Wildman–Crippen MR) is 127 cm³/mol. The summed E-state index contributed by atoms with van der Waals surface area (Å²) in [6.07, 6.45) is 1.58. The summed E-state index contributed by atoms with van der Waals surface area (Å²) in [5.41, 5.74) is 3.21. The number of thioether (sulfide) groups is 1. The van der Waals surface area contributed by atoms with Crippen molar-refractivity contribution in [2.75, 3.05) is 11.9 Å². The Hall–Kier alpha value is -4.06. The third-order valence-corrected chi connectivity index (χ3v) is 5.66. The minimum atomic E-state index is -0.658. The van der Waals surface area contributed by atoms with Crippen molar-refractivity contribution in [3.8, 4) is 5.95 Å². The number of aromatic nitrogens is 6. The molecule has 0 aliphatic heterocycles. The van der Waals surface area contributed by atoms with Gasteiger partial charge in [0.2, 0.25) is 0 Å². The smallest absolute Gasteiger partial charge is 0.341 e. The van der Waals surface area contributed by atoms with Crippen LogP contribution in [0.15, 0.2) is 46.1 Å². The first-order valence-electron chi connectivity index (χ1n) is 10.6. The van der Waals surface area contributed by atoms with Crippen molar-refractivity contribution in [1.82, 2.24) is 29.9 Å². The Morgan fingerprint density at radius 1 is 1.09 bits per heavy atom. The maximum Gasteiger partial charge on any atom is 0.341 e. The highest BCUT2D eigenvalue weighted by atomic mass is 32.2. The summed E-state index contributed by atoms with van der Waals surface area (Å²) in [5, 5.41) is 11.5. The number of rotatable bonds is 8. The van der Waals surface area contributed by atoms with E-state index in [1.54, 1.807) is 38.2 Å². The molecule has 0 atom stereocenters. The second-order valence-corrected chi connectivity index (χ2v) is 8.70. The zero-order valence-electron chi connectivity index (χ0n) is 19.6. The topological polar surface area (TPSA) is 138 Å². The van der Waals surface area contributed by atoms with Crippen LogP contribution in [-0.4, -0.2) is 48.4 Å². The minimum absolute atomic E-state index is 0.259. The zero-order chi connectivity index (χ0) is 24.9. The van der Waals surface area contributed by atoms with E-state index in [0.717, 1.165) is 17.1 Å². The van der Waals surface area contributed by atoms with Gasteiger partial charge in [0.05, 0.1) is 17.0 Å². The molecule has 4 aromatic rings. The number of nitrogens with zero attached hydrogens (tertiary/aromatic N) is 6. The van der Waals surface area contributed by atoms with Crippen molar-refractivity contribution < 1.29 is 18.8 Å². The van der Waals surface area contributed by atoms with Gasteiger partial charge in [-0.05, 0) is 45.9 Å². The van der Waals surface area contributed by atoms with Crippen molar-refractivity contribution in [3.05, 3.63) is 70.6 Å². The van der Waals surface area contributed by atoms with Crippen LogP contribution in [0.25, 0.3) is 5.95 Å². The highest BCUT2D eigenvalue weighted by Crippen LogP contribution is 2.24. The van der Waals surface area contributed by atoms with E-state index in [1.165, 1.54) is 16.4 Å². The predicted octanol–water partition coefficient (Wildman–Crippen LogP) is 3.37. The molecular formula is C23H23N7O4S. The summed E-state index contributed by atoms with van der Waals surface area (Å²) < 4.78 is 11.8. The van der Waals surface area contributed by atoms with Gasteiger partial charge in [0, 0.05) is 35.5 Å². The Labute approximate surface area is 205 Å². The molecule has 0 aromatic carbocycles. The molecule has 11 nitrogen and oxygen atoms in total. The molecular weight excluding hydrogens is 470 g/mol. The molecule has 0 unspecified atom stereocenters. The van der Waals surface area contributed by atoms with E-state index in [4.69, 9.17) is 9.26 Å². The van der Waals surface area contributed by atoms with Gasteiger partial charge in [-0.15, -0.1) is 0 Å². The van der Waals surface area contributed by atoms with E-state index >= 15 is 0 Å². The molecule has 1 N–H and O–H groups in total. The first kappa shape index (κ1) is 24.1. The van der Waals surface area contributed by atoms with Gasteiger partial charge in [0.25, 0.3) is 11.9 Å². The number of esters is 1. The lowest BCUT2D eigenvalue weighted by Gasteiger charge is -2.10. The number of nitrogens with one attached hydrogen (secondary N) is 1. The quantitative estimate of drug-likeness (QED) is 0.287. The van der Waals surface area contributed by atoms with Crippen molar-refractivity contribution in [2.24, 2.45) is 0 Å². The van der Waals surface area contributed by atoms with Gasteiger partial charge in [0.1, 0.15) is 16.6 Å². The van der Waals surface area contributed by atoms with Crippen LogP contribution >= 0.6 is 11.8 Å². The summed E-state index contributed by atoms with van der Waals surface area (Å²) in [5.74, 6) is 0.692. The average molecular weight is 494 g/mol. The Balaban J connectivity index is 1.40. The molecule has 4 aromatic heterocycles. The summed E-state index contributed by atoms with van der Waals surface area (Å²) in [6, 6.07) is 8.57. The molecule has 180 valence electrons. The summed E-state index contributed by atoms with van der Waals surface area (Å²) in [7, 11) is 0. The fourth-order valence-electron chi connectivity index (χ4n) is 3.22. The maximum atomic E-state index is 12.7. The normalized spacial score (nSPS) is 10.9.